The number of rotatable bonds is 4. The quantitative estimate of drug-likeness (QED) is 0.683. The largest absolute Gasteiger partial charge is 0.381 e. The molecule has 126 valence electrons. The Morgan fingerprint density at radius 3 is 2.92 bits per heavy atom. The number of carbonyl (C=O) groups is 1. The van der Waals surface area contributed by atoms with Gasteiger partial charge in [0.25, 0.3) is 5.91 Å². The van der Waals surface area contributed by atoms with E-state index in [-0.39, 0.29) is 11.3 Å². The van der Waals surface area contributed by atoms with Gasteiger partial charge in [0.2, 0.25) is 5.43 Å². The van der Waals surface area contributed by atoms with Crippen molar-refractivity contribution in [2.75, 3.05) is 10.6 Å². The van der Waals surface area contributed by atoms with Crippen LogP contribution in [0.15, 0.2) is 47.7 Å². The molecule has 0 radical (unpaired) electrons. The highest BCUT2D eigenvalue weighted by Gasteiger charge is 2.24. The van der Waals surface area contributed by atoms with Gasteiger partial charge in [-0.1, -0.05) is 6.07 Å². The van der Waals surface area contributed by atoms with E-state index in [9.17, 15) is 14.0 Å². The van der Waals surface area contributed by atoms with Gasteiger partial charge in [-0.2, -0.15) is 0 Å². The van der Waals surface area contributed by atoms with Crippen LogP contribution in [-0.4, -0.2) is 21.9 Å². The zero-order chi connectivity index (χ0) is 17.4. The lowest BCUT2D eigenvalue weighted by molar-refractivity contribution is 0.102. The maximum absolute atomic E-state index is 14.2. The first-order valence-electron chi connectivity index (χ1n) is 7.95. The second-order valence-corrected chi connectivity index (χ2v) is 5.99. The van der Waals surface area contributed by atoms with Crippen LogP contribution in [0.25, 0.3) is 10.9 Å². The summed E-state index contributed by atoms with van der Waals surface area (Å²) in [5, 5.41) is 6.00. The number of nitrogens with one attached hydrogen (secondary N) is 3. The molecule has 1 aliphatic carbocycles. The smallest absolute Gasteiger partial charge is 0.261 e. The van der Waals surface area contributed by atoms with Gasteiger partial charge in [0, 0.05) is 24.6 Å². The molecular formula is C18H15FN4O2. The van der Waals surface area contributed by atoms with Gasteiger partial charge in [-0.05, 0) is 31.0 Å². The van der Waals surface area contributed by atoms with E-state index in [1.165, 1.54) is 18.5 Å². The molecule has 25 heavy (non-hydrogen) atoms. The van der Waals surface area contributed by atoms with Crippen molar-refractivity contribution in [2.45, 2.75) is 18.9 Å². The van der Waals surface area contributed by atoms with Crippen LogP contribution in [0, 0.1) is 5.82 Å². The van der Waals surface area contributed by atoms with Crippen molar-refractivity contribution in [3.63, 3.8) is 0 Å². The summed E-state index contributed by atoms with van der Waals surface area (Å²) in [6.07, 6.45) is 6.30. The van der Waals surface area contributed by atoms with E-state index >= 15 is 0 Å². The molecule has 0 spiro atoms. The number of hydrogen-bond donors (Lipinski definition) is 3. The van der Waals surface area contributed by atoms with Crippen LogP contribution < -0.4 is 16.1 Å². The van der Waals surface area contributed by atoms with Crippen molar-refractivity contribution in [1.29, 1.82) is 0 Å². The number of benzene rings is 1. The average Bonchev–Trinajstić information content (AvgIpc) is 3.42. The lowest BCUT2D eigenvalue weighted by Gasteiger charge is -2.13. The monoisotopic (exact) mass is 338 g/mol. The molecule has 0 bridgehead atoms. The van der Waals surface area contributed by atoms with Crippen molar-refractivity contribution < 1.29 is 9.18 Å². The summed E-state index contributed by atoms with van der Waals surface area (Å²) in [7, 11) is 0. The Balaban J connectivity index is 1.69. The molecular weight excluding hydrogens is 323 g/mol. The van der Waals surface area contributed by atoms with Gasteiger partial charge < -0.3 is 15.6 Å². The minimum absolute atomic E-state index is 0.0464. The van der Waals surface area contributed by atoms with E-state index in [2.05, 4.69) is 20.6 Å². The minimum Gasteiger partial charge on any atom is -0.381 e. The molecule has 1 aliphatic rings. The Morgan fingerprint density at radius 2 is 2.12 bits per heavy atom. The fourth-order valence-corrected chi connectivity index (χ4v) is 2.63. The Kier molecular flexibility index (Phi) is 3.68. The van der Waals surface area contributed by atoms with Gasteiger partial charge in [-0.25, -0.2) is 4.39 Å². The zero-order valence-electron chi connectivity index (χ0n) is 13.2. The number of amides is 1. The molecule has 0 unspecified atom stereocenters. The molecule has 1 amide bonds. The normalized spacial score (nSPS) is 13.6. The van der Waals surface area contributed by atoms with Crippen molar-refractivity contribution in [2.24, 2.45) is 0 Å². The number of aromatic amines is 1. The van der Waals surface area contributed by atoms with Gasteiger partial charge in [0.1, 0.15) is 17.1 Å². The highest BCUT2D eigenvalue weighted by Crippen LogP contribution is 2.31. The van der Waals surface area contributed by atoms with Crippen LogP contribution in [0.4, 0.5) is 15.8 Å². The molecule has 1 fully saturated rings. The lowest BCUT2D eigenvalue weighted by atomic mass is 10.1. The van der Waals surface area contributed by atoms with E-state index in [0.717, 1.165) is 12.8 Å². The number of anilines is 2. The van der Waals surface area contributed by atoms with Gasteiger partial charge in [0.05, 0.1) is 16.6 Å². The Morgan fingerprint density at radius 1 is 1.28 bits per heavy atom. The highest BCUT2D eigenvalue weighted by atomic mass is 19.1. The first-order chi connectivity index (χ1) is 12.1. The summed E-state index contributed by atoms with van der Waals surface area (Å²) >= 11 is 0. The van der Waals surface area contributed by atoms with E-state index in [1.807, 2.05) is 0 Å². The van der Waals surface area contributed by atoms with E-state index < -0.39 is 17.2 Å². The fraction of sp³-hybridized carbons (Fsp3) is 0.167. The van der Waals surface area contributed by atoms with Gasteiger partial charge in [0.15, 0.2) is 0 Å². The van der Waals surface area contributed by atoms with E-state index in [0.29, 0.717) is 22.6 Å². The summed E-state index contributed by atoms with van der Waals surface area (Å²) in [6, 6.07) is 6.48. The van der Waals surface area contributed by atoms with Crippen LogP contribution in [-0.2, 0) is 0 Å². The number of nitrogens with zero attached hydrogens (tertiary/aromatic N) is 1. The summed E-state index contributed by atoms with van der Waals surface area (Å²) in [6.45, 7) is 0. The van der Waals surface area contributed by atoms with Crippen molar-refractivity contribution in [1.82, 2.24) is 9.97 Å². The topological polar surface area (TPSA) is 86.9 Å². The van der Waals surface area contributed by atoms with Crippen LogP contribution in [0.1, 0.15) is 23.2 Å². The van der Waals surface area contributed by atoms with Crippen LogP contribution in [0.2, 0.25) is 0 Å². The average molecular weight is 338 g/mol. The second-order valence-electron chi connectivity index (χ2n) is 5.99. The standard InChI is InChI=1S/C18H15FN4O2/c19-13-2-1-3-15(22-10-4-5-10)16(13)23-18(25)12-9-21-14-6-7-20-8-11(14)17(12)24/h1-3,6-10,22H,4-5H2,(H,21,24)(H,23,25). The third-order valence-electron chi connectivity index (χ3n) is 4.12. The Bertz CT molecular complexity index is 1030. The van der Waals surface area contributed by atoms with Crippen LogP contribution in [0.3, 0.4) is 0 Å². The Labute approximate surface area is 142 Å². The number of carbonyl (C=O) groups excluding carboxylic acids is 1. The second kappa shape index (κ2) is 6.01. The van der Waals surface area contributed by atoms with Gasteiger partial charge >= 0.3 is 0 Å². The first kappa shape index (κ1) is 15.3. The fourth-order valence-electron chi connectivity index (χ4n) is 2.63. The molecule has 1 saturated carbocycles. The molecule has 0 aliphatic heterocycles. The third-order valence-corrected chi connectivity index (χ3v) is 4.12. The predicted octanol–water partition coefficient (Wildman–Crippen LogP) is 2.89. The summed E-state index contributed by atoms with van der Waals surface area (Å²) in [4.78, 5) is 31.8. The molecule has 0 atom stereocenters. The van der Waals surface area contributed by atoms with Crippen molar-refractivity contribution in [3.8, 4) is 0 Å². The number of aromatic nitrogens is 2. The summed E-state index contributed by atoms with van der Waals surface area (Å²) in [5.74, 6) is -1.23. The van der Waals surface area contributed by atoms with E-state index in [4.69, 9.17) is 0 Å². The Hall–Kier alpha value is -3.22. The number of hydrogen-bond acceptors (Lipinski definition) is 4. The first-order valence-corrected chi connectivity index (χ1v) is 7.95. The molecule has 6 nitrogen and oxygen atoms in total. The van der Waals surface area contributed by atoms with Crippen LogP contribution >= 0.6 is 0 Å². The summed E-state index contributed by atoms with van der Waals surface area (Å²) < 4.78 is 14.2. The van der Waals surface area contributed by atoms with Crippen LogP contribution in [0.5, 0.6) is 0 Å². The van der Waals surface area contributed by atoms with Gasteiger partial charge in [-0.3, -0.25) is 14.6 Å². The third kappa shape index (κ3) is 2.96. The molecule has 3 aromatic rings. The molecule has 2 heterocycles. The number of para-hydroxylation sites is 1. The highest BCUT2D eigenvalue weighted by molar-refractivity contribution is 6.07. The molecule has 2 aromatic heterocycles. The minimum atomic E-state index is -0.670. The maximum atomic E-state index is 14.2. The number of H-pyrrole nitrogens is 1. The van der Waals surface area contributed by atoms with Gasteiger partial charge in [-0.15, -0.1) is 0 Å². The predicted molar refractivity (Wildman–Crippen MR) is 93.4 cm³/mol. The number of pyridine rings is 2. The molecule has 1 aromatic carbocycles. The number of halogens is 1. The SMILES string of the molecule is O=C(Nc1c(F)cccc1NC1CC1)c1c[nH]c2ccncc2c1=O. The number of fused-ring (bicyclic) bond motifs is 1. The molecule has 3 N–H and O–H groups in total. The zero-order valence-corrected chi connectivity index (χ0v) is 13.2. The van der Waals surface area contributed by atoms with E-state index in [1.54, 1.807) is 24.4 Å². The summed E-state index contributed by atoms with van der Waals surface area (Å²) in [5.41, 5.74) is 0.590. The van der Waals surface area contributed by atoms with Crippen molar-refractivity contribution in [3.05, 3.63) is 64.5 Å². The van der Waals surface area contributed by atoms with Crippen molar-refractivity contribution >= 4 is 28.2 Å². The molecule has 7 heteroatoms. The maximum Gasteiger partial charge on any atom is 0.261 e. The lowest BCUT2D eigenvalue weighted by Crippen LogP contribution is -2.23. The molecule has 4 rings (SSSR count). The molecule has 0 saturated heterocycles.